The highest BCUT2D eigenvalue weighted by Gasteiger charge is 2.71. The first-order valence-electron chi connectivity index (χ1n) is 48.8. The van der Waals surface area contributed by atoms with Gasteiger partial charge in [-0.25, -0.2) is 0 Å². The summed E-state index contributed by atoms with van der Waals surface area (Å²) >= 11 is 0. The summed E-state index contributed by atoms with van der Waals surface area (Å²) in [6.45, 7) is 35.7. The third kappa shape index (κ3) is 22.7. The van der Waals surface area contributed by atoms with Crippen molar-refractivity contribution >= 4 is 0 Å². The zero-order chi connectivity index (χ0) is 88.4. The second-order valence-corrected chi connectivity index (χ2v) is 41.3. The number of ether oxygens (including phenoxy) is 9. The topological polar surface area (TPSA) is 474 Å². The molecule has 0 radical (unpaired) electrons. The highest BCUT2D eigenvalue weighted by Crippen LogP contribution is 2.74. The van der Waals surface area contributed by atoms with Crippen LogP contribution < -0.4 is 17.2 Å². The van der Waals surface area contributed by atoms with E-state index >= 15 is 0 Å². The molecule has 696 valence electrons. The van der Waals surface area contributed by atoms with Gasteiger partial charge in [-0.05, 0) is 304 Å². The lowest BCUT2D eigenvalue weighted by Gasteiger charge is -2.64. The average Bonchev–Trinajstić information content (AvgIpc) is 1.66. The van der Waals surface area contributed by atoms with E-state index in [0.29, 0.717) is 237 Å². The summed E-state index contributed by atoms with van der Waals surface area (Å²) < 4.78 is 58.9. The molecule has 12 rings (SSSR count). The zero-order valence-corrected chi connectivity index (χ0v) is 77.4. The largest absolute Gasteiger partial charge is 0.396 e. The molecule has 0 aromatic carbocycles. The maximum atomic E-state index is 9.57. The minimum atomic E-state index is -0.0520. The molecule has 12 aliphatic carbocycles. The molecule has 12 fully saturated rings. The van der Waals surface area contributed by atoms with Crippen LogP contribution in [0.1, 0.15) is 262 Å². The van der Waals surface area contributed by atoms with E-state index in [4.69, 9.17) is 93.0 Å². The molecule has 31 nitrogen and oxygen atoms in total. The van der Waals surface area contributed by atoms with Crippen molar-refractivity contribution in [1.29, 1.82) is 0 Å². The predicted octanol–water partition coefficient (Wildman–Crippen LogP) is 20.9. The Hall–Kier alpha value is -4.66. The van der Waals surface area contributed by atoms with Crippen molar-refractivity contribution in [2.24, 2.45) is 187 Å². The van der Waals surface area contributed by atoms with E-state index in [0.717, 1.165) is 121 Å². The first-order chi connectivity index (χ1) is 59.5. The number of hydrogen-bond acceptors (Lipinski definition) is 19. The molecule has 31 heteroatoms. The van der Waals surface area contributed by atoms with E-state index in [2.05, 4.69) is 136 Å². The van der Waals surface area contributed by atoms with E-state index in [9.17, 15) is 5.11 Å². The SMILES string of the molecule is CC(CCCO)C1CCC2C3C(OCCN=[N+]=[N-])CC4CC(OCCN=[N+]=[N-])CCC4(C)C3CC(OCCN=[N+]=[N-])C12C.CCCCC(C)C1CCC2C3C(OCCN)CC4CC(OCCN)CCC4(C)C3CC(OCCN)C12C.CCCCC(C)C1CCC2C3C(OCCN=[N+]=[N-])CC4CC(OCCN=[N+]=[N-])CCC4(C)C3CC(OCCN=[N+]=[N-])C12C. The van der Waals surface area contributed by atoms with Crippen LogP contribution in [0, 0.1) is 139 Å². The van der Waals surface area contributed by atoms with Crippen molar-refractivity contribution in [3.05, 3.63) is 62.7 Å². The molecule has 33 atom stereocenters. The molecule has 0 heterocycles. The van der Waals surface area contributed by atoms with Gasteiger partial charge in [-0.15, -0.1) is 0 Å². The summed E-state index contributed by atoms with van der Waals surface area (Å²) in [5.41, 5.74) is 71.2. The van der Waals surface area contributed by atoms with Crippen molar-refractivity contribution in [3.8, 4) is 0 Å². The van der Waals surface area contributed by atoms with Gasteiger partial charge in [0.1, 0.15) is 0 Å². The number of rotatable bonds is 45. The number of nitrogens with zero attached hydrogens (tertiary/aromatic N) is 18. The fourth-order valence-electron chi connectivity index (χ4n) is 30.4. The zero-order valence-electron chi connectivity index (χ0n) is 77.4. The molecule has 0 saturated heterocycles. The Bertz CT molecular complexity index is 3370. The first kappa shape index (κ1) is 100. The van der Waals surface area contributed by atoms with Gasteiger partial charge in [-0.1, -0.05) is 145 Å². The minimum Gasteiger partial charge on any atom is -0.396 e. The van der Waals surface area contributed by atoms with Crippen LogP contribution in [0.2, 0.25) is 0 Å². The monoisotopic (exact) mass is 1720 g/mol. The summed E-state index contributed by atoms with van der Waals surface area (Å²) in [7, 11) is 0. The standard InChI is InChI=1S/C31H53N9O3.C31H59N3O3.C30H51N9O4/c1-5-6-7-21(2)24-8-9-25-29-26(20-28(31(24,25)4)43-17-14-37-40-34)30(3)11-10-23(41-15-12-35-38-32)18-22(30)19-27(29)42-16-13-36-39-33;1-5-6-7-21(2)24-8-9-25-29-26(20-28(31(24,25)4)37-17-14-34)30(3)11-10-23(35-15-12-32)18-22(30)19-27(29)36-16-13-33;1-20(5-4-13-40)23-6-7-24-28-25(19-27(30(23,24)3)43-16-12-36-39-33)29(2)9-8-22(41-14-10-34-37-31)17-21(29)18-26(28)42-15-11-35-38-32/h21-29H,5-20H2,1-4H3;21-29H,5-20,32-34H2,1-4H3;20-28,40H,4-19H2,1-3H3. The molecule has 0 amide bonds. The second-order valence-electron chi connectivity index (χ2n) is 41.3. The molecule has 0 spiro atoms. The molecule has 12 saturated carbocycles. The summed E-state index contributed by atoms with van der Waals surface area (Å²) in [6, 6.07) is 0. The highest BCUT2D eigenvalue weighted by atomic mass is 16.5. The van der Waals surface area contributed by atoms with Gasteiger partial charge in [-0.2, -0.15) is 0 Å². The Kier molecular flexibility index (Phi) is 39.5. The summed E-state index contributed by atoms with van der Waals surface area (Å²) in [4.78, 5) is 17.5. The van der Waals surface area contributed by atoms with E-state index < -0.39 is 0 Å². The lowest BCUT2D eigenvalue weighted by molar-refractivity contribution is -0.226. The Morgan fingerprint density at radius 3 is 0.886 bits per heavy atom. The predicted molar refractivity (Wildman–Crippen MR) is 480 cm³/mol. The number of aliphatic hydroxyl groups excluding tert-OH is 1. The van der Waals surface area contributed by atoms with Crippen LogP contribution >= 0.6 is 0 Å². The summed E-state index contributed by atoms with van der Waals surface area (Å²) in [5, 5.41) is 31.9. The lowest BCUT2D eigenvalue weighted by Crippen LogP contribution is -2.63. The van der Waals surface area contributed by atoms with Crippen LogP contribution in [0.4, 0.5) is 0 Å². The Morgan fingerprint density at radius 1 is 0.333 bits per heavy atom. The maximum absolute atomic E-state index is 9.57. The number of fused-ring (bicyclic) bond motifs is 15. The molecule has 123 heavy (non-hydrogen) atoms. The van der Waals surface area contributed by atoms with E-state index in [1.165, 1.54) is 70.6 Å². The minimum absolute atomic E-state index is 0.0296. The molecular formula is C92H163N21O10. The van der Waals surface area contributed by atoms with E-state index in [1.54, 1.807) is 0 Å². The lowest BCUT2D eigenvalue weighted by atomic mass is 9.43. The fourth-order valence-corrected chi connectivity index (χ4v) is 30.4. The Balaban J connectivity index is 0.000000194. The number of nitrogens with two attached hydrogens (primary N) is 3. The van der Waals surface area contributed by atoms with Crippen molar-refractivity contribution < 1.29 is 47.7 Å². The third-order valence-corrected chi connectivity index (χ3v) is 36.1. The van der Waals surface area contributed by atoms with Gasteiger partial charge in [0.25, 0.3) is 0 Å². The smallest absolute Gasteiger partial charge is 0.0637 e. The van der Waals surface area contributed by atoms with Crippen LogP contribution in [0.5, 0.6) is 0 Å². The van der Waals surface area contributed by atoms with Crippen LogP contribution in [-0.4, -0.2) is 185 Å². The van der Waals surface area contributed by atoms with E-state index in [1.807, 2.05) is 0 Å². The average molecular weight is 1720 g/mol. The van der Waals surface area contributed by atoms with Crippen LogP contribution in [0.25, 0.3) is 62.7 Å². The number of hydrogen-bond donors (Lipinski definition) is 4. The highest BCUT2D eigenvalue weighted by molar-refractivity contribution is 5.19. The fraction of sp³-hybridized carbons (Fsp3) is 1.00. The first-order valence-corrected chi connectivity index (χ1v) is 48.8. The van der Waals surface area contributed by atoms with Gasteiger partial charge in [0.2, 0.25) is 0 Å². The van der Waals surface area contributed by atoms with Crippen molar-refractivity contribution in [2.75, 3.05) is 125 Å². The van der Waals surface area contributed by atoms with Gasteiger partial charge in [0.05, 0.1) is 114 Å². The van der Waals surface area contributed by atoms with Gasteiger partial charge >= 0.3 is 0 Å². The quantitative estimate of drug-likeness (QED) is 0.0191. The van der Waals surface area contributed by atoms with Crippen molar-refractivity contribution in [3.63, 3.8) is 0 Å². The Labute approximate surface area is 736 Å². The summed E-state index contributed by atoms with van der Waals surface area (Å²) in [6.07, 6.45) is 34.2. The molecule has 33 unspecified atom stereocenters. The number of aliphatic hydroxyl groups is 1. The van der Waals surface area contributed by atoms with Crippen molar-refractivity contribution in [2.45, 2.75) is 317 Å². The second kappa shape index (κ2) is 48.3. The van der Waals surface area contributed by atoms with Gasteiger partial charge < -0.3 is 64.9 Å². The van der Waals surface area contributed by atoms with Crippen LogP contribution in [0.15, 0.2) is 30.7 Å². The normalized spacial score (nSPS) is 40.4. The number of azide groups is 6. The van der Waals surface area contributed by atoms with Crippen molar-refractivity contribution in [1.82, 2.24) is 0 Å². The maximum Gasteiger partial charge on any atom is 0.0637 e. The molecule has 0 bridgehead atoms. The molecule has 12 aliphatic rings. The van der Waals surface area contributed by atoms with Gasteiger partial charge in [0, 0.05) is 111 Å². The van der Waals surface area contributed by atoms with E-state index in [-0.39, 0.29) is 76.4 Å². The molecule has 0 aliphatic heterocycles. The van der Waals surface area contributed by atoms with Crippen LogP contribution in [0.3, 0.4) is 0 Å². The molecule has 0 aromatic heterocycles. The molecule has 7 N–H and O–H groups in total. The molecule has 0 aromatic rings. The molecular weight excluding hydrogens is 1560 g/mol. The summed E-state index contributed by atoms with van der Waals surface area (Å²) in [5.74, 6) is 9.56. The van der Waals surface area contributed by atoms with Crippen LogP contribution in [-0.2, 0) is 42.6 Å². The Morgan fingerprint density at radius 2 is 0.593 bits per heavy atom. The third-order valence-electron chi connectivity index (χ3n) is 36.1. The number of unbranched alkanes of at least 4 members (excludes halogenated alkanes) is 2. The van der Waals surface area contributed by atoms with Gasteiger partial charge in [-0.3, -0.25) is 0 Å². The van der Waals surface area contributed by atoms with Gasteiger partial charge in [0.15, 0.2) is 0 Å².